The number of benzene rings is 5. The molecule has 0 unspecified atom stereocenters. The maximum atomic E-state index is 6.94. The Balaban J connectivity index is 1.34. The van der Waals surface area contributed by atoms with E-state index in [0.717, 1.165) is 12.8 Å². The van der Waals surface area contributed by atoms with E-state index in [4.69, 9.17) is 8.85 Å². The van der Waals surface area contributed by atoms with Crippen LogP contribution in [0.25, 0.3) is 0 Å². The molecule has 5 aromatic rings. The predicted molar refractivity (Wildman–Crippen MR) is 173 cm³/mol. The van der Waals surface area contributed by atoms with Crippen LogP contribution >= 0.6 is 0 Å². The van der Waals surface area contributed by atoms with Gasteiger partial charge < -0.3 is 8.85 Å². The second kappa shape index (κ2) is 13.2. The Bertz CT molecular complexity index is 1250. The third-order valence-electron chi connectivity index (χ3n) is 7.95. The largest absolute Gasteiger partial charge is 0.405 e. The standard InChI is InChI=1S/C36H38O2Si2/c1-3-35(29-17-9-5-10-18-29,30-19-11-6-12-20-30)37-39-33-25-27-34(28-26-33)40-38-36(4-2,31-21-13-7-14-22-31)32-23-15-8-16-24-32/h5-28H,3-4,39-40H2,1-2H3. The number of hydrogen-bond acceptors (Lipinski definition) is 2. The third-order valence-corrected chi connectivity index (χ3v) is 10.8. The zero-order valence-electron chi connectivity index (χ0n) is 23.5. The molecule has 40 heavy (non-hydrogen) atoms. The van der Waals surface area contributed by atoms with Crippen LogP contribution < -0.4 is 10.4 Å². The van der Waals surface area contributed by atoms with Crippen molar-refractivity contribution < 1.29 is 8.85 Å². The van der Waals surface area contributed by atoms with Crippen molar-refractivity contribution in [3.05, 3.63) is 168 Å². The van der Waals surface area contributed by atoms with Crippen molar-refractivity contribution in [2.45, 2.75) is 37.9 Å². The van der Waals surface area contributed by atoms with Gasteiger partial charge in [-0.25, -0.2) is 0 Å². The van der Waals surface area contributed by atoms with Crippen molar-refractivity contribution in [1.82, 2.24) is 0 Å². The van der Waals surface area contributed by atoms with Crippen LogP contribution in [0.1, 0.15) is 48.9 Å². The summed E-state index contributed by atoms with van der Waals surface area (Å²) in [5.74, 6) is 0. The molecule has 202 valence electrons. The Morgan fingerprint density at radius 3 is 0.875 bits per heavy atom. The first-order valence-corrected chi connectivity index (χ1v) is 16.8. The average Bonchev–Trinajstić information content (AvgIpc) is 3.05. The maximum absolute atomic E-state index is 6.94. The summed E-state index contributed by atoms with van der Waals surface area (Å²) in [4.78, 5) is 0. The van der Waals surface area contributed by atoms with Crippen molar-refractivity contribution in [1.29, 1.82) is 0 Å². The van der Waals surface area contributed by atoms with Gasteiger partial charge in [-0.1, -0.05) is 159 Å². The molecule has 0 aliphatic carbocycles. The van der Waals surface area contributed by atoms with E-state index in [2.05, 4.69) is 159 Å². The Morgan fingerprint density at radius 1 is 0.400 bits per heavy atom. The van der Waals surface area contributed by atoms with Crippen LogP contribution in [0.3, 0.4) is 0 Å². The molecule has 0 aromatic heterocycles. The molecule has 4 heteroatoms. The monoisotopic (exact) mass is 558 g/mol. The molecule has 0 saturated carbocycles. The Kier molecular flexibility index (Phi) is 9.24. The van der Waals surface area contributed by atoms with Gasteiger partial charge in [-0.2, -0.15) is 0 Å². The van der Waals surface area contributed by atoms with Gasteiger partial charge in [0.05, 0.1) is 0 Å². The fourth-order valence-electron chi connectivity index (χ4n) is 5.66. The van der Waals surface area contributed by atoms with E-state index in [1.165, 1.54) is 32.6 Å². The minimum Gasteiger partial charge on any atom is -0.405 e. The van der Waals surface area contributed by atoms with Gasteiger partial charge in [0.1, 0.15) is 11.2 Å². The summed E-state index contributed by atoms with van der Waals surface area (Å²) in [6.45, 7) is 4.44. The molecule has 0 N–H and O–H groups in total. The molecule has 0 amide bonds. The van der Waals surface area contributed by atoms with Crippen molar-refractivity contribution in [3.63, 3.8) is 0 Å². The molecule has 0 saturated heterocycles. The molecular formula is C36H38O2Si2. The fraction of sp³-hybridized carbons (Fsp3) is 0.167. The first-order chi connectivity index (χ1) is 19.7. The van der Waals surface area contributed by atoms with Crippen molar-refractivity contribution >= 4 is 29.9 Å². The summed E-state index contributed by atoms with van der Waals surface area (Å²) in [6.07, 6.45) is 1.76. The van der Waals surface area contributed by atoms with Crippen molar-refractivity contribution in [3.8, 4) is 0 Å². The van der Waals surface area contributed by atoms with Crippen LogP contribution in [0.5, 0.6) is 0 Å². The zero-order valence-corrected chi connectivity index (χ0v) is 26.3. The molecule has 0 aliphatic rings. The van der Waals surface area contributed by atoms with Crippen LogP contribution in [-0.2, 0) is 20.1 Å². The van der Waals surface area contributed by atoms with Crippen molar-refractivity contribution in [2.75, 3.05) is 0 Å². The number of hydrogen-bond donors (Lipinski definition) is 0. The van der Waals surface area contributed by atoms with Crippen LogP contribution in [0.2, 0.25) is 0 Å². The molecule has 2 nitrogen and oxygen atoms in total. The van der Waals surface area contributed by atoms with E-state index in [0.29, 0.717) is 0 Å². The van der Waals surface area contributed by atoms with E-state index in [1.807, 2.05) is 0 Å². The van der Waals surface area contributed by atoms with Gasteiger partial charge in [-0.05, 0) is 45.5 Å². The predicted octanol–water partition coefficient (Wildman–Crippen LogP) is 5.85. The second-order valence-corrected chi connectivity index (χ2v) is 13.0. The van der Waals surface area contributed by atoms with Crippen LogP contribution in [-0.4, -0.2) is 19.5 Å². The fourth-order valence-corrected chi connectivity index (χ4v) is 8.42. The molecule has 0 fully saturated rings. The molecule has 0 atom stereocenters. The normalized spacial score (nSPS) is 12.4. The van der Waals surface area contributed by atoms with Gasteiger partial charge in [0.15, 0.2) is 19.5 Å². The Hall–Kier alpha value is -3.55. The topological polar surface area (TPSA) is 18.5 Å². The summed E-state index contributed by atoms with van der Waals surface area (Å²) in [6, 6.07) is 51.7. The maximum Gasteiger partial charge on any atom is 0.193 e. The average molecular weight is 559 g/mol. The molecule has 5 rings (SSSR count). The van der Waals surface area contributed by atoms with Gasteiger partial charge in [0.25, 0.3) is 0 Å². The lowest BCUT2D eigenvalue weighted by Gasteiger charge is -2.35. The lowest BCUT2D eigenvalue weighted by atomic mass is 9.84. The molecule has 0 heterocycles. The minimum atomic E-state index is -0.985. The van der Waals surface area contributed by atoms with Gasteiger partial charge >= 0.3 is 0 Å². The summed E-state index contributed by atoms with van der Waals surface area (Å²) in [5.41, 5.74) is 3.99. The van der Waals surface area contributed by atoms with E-state index in [9.17, 15) is 0 Å². The Labute approximate surface area is 243 Å². The highest BCUT2D eigenvalue weighted by molar-refractivity contribution is 6.49. The molecule has 0 bridgehead atoms. The first-order valence-electron chi connectivity index (χ1n) is 14.3. The Morgan fingerprint density at radius 2 is 0.650 bits per heavy atom. The smallest absolute Gasteiger partial charge is 0.193 e. The van der Waals surface area contributed by atoms with Gasteiger partial charge in [0, 0.05) is 0 Å². The number of rotatable bonds is 12. The minimum absolute atomic E-state index is 0.433. The summed E-state index contributed by atoms with van der Waals surface area (Å²) in [7, 11) is -1.97. The van der Waals surface area contributed by atoms with E-state index in [1.54, 1.807) is 0 Å². The summed E-state index contributed by atoms with van der Waals surface area (Å²) in [5, 5.41) is 2.60. The SMILES string of the molecule is CCC(O[SiH2]c1ccc([SiH2]OC(CC)(c2ccccc2)c2ccccc2)cc1)(c1ccccc1)c1ccccc1. The quantitative estimate of drug-likeness (QED) is 0.179. The lowest BCUT2D eigenvalue weighted by molar-refractivity contribution is 0.115. The van der Waals surface area contributed by atoms with Crippen LogP contribution in [0.4, 0.5) is 0 Å². The molecule has 0 radical (unpaired) electrons. The molecular weight excluding hydrogens is 521 g/mol. The molecule has 0 aliphatic heterocycles. The zero-order chi connectivity index (χ0) is 27.7. The third kappa shape index (κ3) is 5.96. The van der Waals surface area contributed by atoms with Crippen LogP contribution in [0.15, 0.2) is 146 Å². The van der Waals surface area contributed by atoms with Gasteiger partial charge in [0.2, 0.25) is 0 Å². The summed E-state index contributed by atoms with van der Waals surface area (Å²) >= 11 is 0. The second-order valence-electron chi connectivity index (χ2n) is 10.2. The summed E-state index contributed by atoms with van der Waals surface area (Å²) < 4.78 is 13.9. The van der Waals surface area contributed by atoms with Crippen molar-refractivity contribution in [2.24, 2.45) is 0 Å². The van der Waals surface area contributed by atoms with E-state index >= 15 is 0 Å². The molecule has 0 spiro atoms. The van der Waals surface area contributed by atoms with Gasteiger partial charge in [-0.3, -0.25) is 0 Å². The van der Waals surface area contributed by atoms with E-state index in [-0.39, 0.29) is 0 Å². The highest BCUT2D eigenvalue weighted by atomic mass is 28.2. The molecule has 5 aromatic carbocycles. The highest BCUT2D eigenvalue weighted by Gasteiger charge is 2.34. The first kappa shape index (κ1) is 28.0. The van der Waals surface area contributed by atoms with Crippen LogP contribution in [0, 0.1) is 0 Å². The van der Waals surface area contributed by atoms with Gasteiger partial charge in [-0.15, -0.1) is 0 Å². The highest BCUT2D eigenvalue weighted by Crippen LogP contribution is 2.37. The van der Waals surface area contributed by atoms with E-state index < -0.39 is 30.7 Å². The lowest BCUT2D eigenvalue weighted by Crippen LogP contribution is -2.37.